The van der Waals surface area contributed by atoms with E-state index >= 15 is 0 Å². The van der Waals surface area contributed by atoms with Crippen molar-refractivity contribution >= 4 is 29.1 Å². The Hall–Kier alpha value is -2.06. The van der Waals surface area contributed by atoms with Gasteiger partial charge < -0.3 is 10.6 Å². The molecule has 0 bridgehead atoms. The lowest BCUT2D eigenvalue weighted by Gasteiger charge is -2.21. The maximum Gasteiger partial charge on any atom is 0.229 e. The molecular formula is C13H12ClN3O2. The van der Waals surface area contributed by atoms with Gasteiger partial charge in [-0.1, -0.05) is 11.6 Å². The zero-order chi connectivity index (χ0) is 13.8. The van der Waals surface area contributed by atoms with E-state index in [-0.39, 0.29) is 17.7 Å². The fourth-order valence-corrected chi connectivity index (χ4v) is 2.11. The Morgan fingerprint density at radius 2 is 2.32 bits per heavy atom. The zero-order valence-corrected chi connectivity index (χ0v) is 10.8. The van der Waals surface area contributed by atoms with Crippen molar-refractivity contribution in [3.63, 3.8) is 0 Å². The Kier molecular flexibility index (Phi) is 4.03. The number of carbonyl (C=O) groups excluding carboxylic acids is 2. The van der Waals surface area contributed by atoms with E-state index in [1.807, 2.05) is 6.07 Å². The summed E-state index contributed by atoms with van der Waals surface area (Å²) >= 11 is 5.98. The van der Waals surface area contributed by atoms with E-state index in [0.29, 0.717) is 35.7 Å². The van der Waals surface area contributed by atoms with Crippen molar-refractivity contribution in [2.75, 3.05) is 11.9 Å². The van der Waals surface area contributed by atoms with Crippen LogP contribution in [0.25, 0.3) is 0 Å². The molecule has 0 saturated carbocycles. The van der Waals surface area contributed by atoms with E-state index < -0.39 is 0 Å². The van der Waals surface area contributed by atoms with Gasteiger partial charge in [-0.05, 0) is 24.6 Å². The second-order valence-corrected chi connectivity index (χ2v) is 4.74. The summed E-state index contributed by atoms with van der Waals surface area (Å²) in [6, 6.07) is 6.66. The second kappa shape index (κ2) is 5.72. The Morgan fingerprint density at radius 1 is 1.53 bits per heavy atom. The van der Waals surface area contributed by atoms with Crippen LogP contribution >= 0.6 is 11.6 Å². The van der Waals surface area contributed by atoms with Crippen LogP contribution in [0.15, 0.2) is 18.2 Å². The number of halogens is 1. The SMILES string of the molecule is N#Cc1ccc(NC(=O)C2CCC(=O)NC2)c(Cl)c1. The summed E-state index contributed by atoms with van der Waals surface area (Å²) in [4.78, 5) is 23.0. The zero-order valence-electron chi connectivity index (χ0n) is 10.1. The molecule has 0 radical (unpaired) electrons. The summed E-state index contributed by atoms with van der Waals surface area (Å²) in [5, 5.41) is 14.4. The summed E-state index contributed by atoms with van der Waals surface area (Å²) in [6.45, 7) is 0.346. The predicted octanol–water partition coefficient (Wildman–Crippen LogP) is 1.68. The number of hydrogen-bond acceptors (Lipinski definition) is 3. The fourth-order valence-electron chi connectivity index (χ4n) is 1.88. The van der Waals surface area contributed by atoms with Gasteiger partial charge in [0, 0.05) is 13.0 Å². The van der Waals surface area contributed by atoms with Gasteiger partial charge in [-0.2, -0.15) is 5.26 Å². The van der Waals surface area contributed by atoms with Crippen LogP contribution in [-0.2, 0) is 9.59 Å². The van der Waals surface area contributed by atoms with Gasteiger partial charge in [-0.3, -0.25) is 9.59 Å². The number of amides is 2. The molecule has 1 fully saturated rings. The average Bonchev–Trinajstić information content (AvgIpc) is 2.41. The van der Waals surface area contributed by atoms with E-state index in [1.54, 1.807) is 12.1 Å². The van der Waals surface area contributed by atoms with Crippen molar-refractivity contribution in [2.45, 2.75) is 12.8 Å². The van der Waals surface area contributed by atoms with E-state index in [9.17, 15) is 9.59 Å². The Balaban J connectivity index is 2.03. The van der Waals surface area contributed by atoms with Gasteiger partial charge >= 0.3 is 0 Å². The minimum atomic E-state index is -0.246. The molecule has 1 aliphatic heterocycles. The van der Waals surface area contributed by atoms with Crippen molar-refractivity contribution in [3.05, 3.63) is 28.8 Å². The molecule has 1 aromatic rings. The molecule has 1 saturated heterocycles. The molecule has 1 aromatic carbocycles. The number of nitrogens with zero attached hydrogens (tertiary/aromatic N) is 1. The molecule has 2 N–H and O–H groups in total. The van der Waals surface area contributed by atoms with Gasteiger partial charge in [0.2, 0.25) is 11.8 Å². The molecular weight excluding hydrogens is 266 g/mol. The third kappa shape index (κ3) is 3.24. The molecule has 6 heteroatoms. The van der Waals surface area contributed by atoms with Crippen LogP contribution in [-0.4, -0.2) is 18.4 Å². The first-order chi connectivity index (χ1) is 9.10. The maximum atomic E-state index is 12.0. The molecule has 98 valence electrons. The largest absolute Gasteiger partial charge is 0.355 e. The van der Waals surface area contributed by atoms with Crippen molar-refractivity contribution < 1.29 is 9.59 Å². The van der Waals surface area contributed by atoms with Crippen molar-refractivity contribution in [1.82, 2.24) is 5.32 Å². The molecule has 5 nitrogen and oxygen atoms in total. The molecule has 1 atom stereocenters. The Labute approximate surface area is 115 Å². The van der Waals surface area contributed by atoms with Gasteiger partial charge in [0.25, 0.3) is 0 Å². The summed E-state index contributed by atoms with van der Waals surface area (Å²) in [7, 11) is 0. The van der Waals surface area contributed by atoms with Crippen LogP contribution in [0.5, 0.6) is 0 Å². The molecule has 0 aromatic heterocycles. The van der Waals surface area contributed by atoms with E-state index in [2.05, 4.69) is 10.6 Å². The topological polar surface area (TPSA) is 82.0 Å². The van der Waals surface area contributed by atoms with Crippen molar-refractivity contribution in [1.29, 1.82) is 5.26 Å². The van der Waals surface area contributed by atoms with Crippen LogP contribution in [0.1, 0.15) is 18.4 Å². The molecule has 2 amide bonds. The minimum absolute atomic E-state index is 0.0274. The normalized spacial score (nSPS) is 18.3. The quantitative estimate of drug-likeness (QED) is 0.863. The average molecular weight is 278 g/mol. The lowest BCUT2D eigenvalue weighted by atomic mass is 9.98. The molecule has 1 aliphatic rings. The molecule has 19 heavy (non-hydrogen) atoms. The highest BCUT2D eigenvalue weighted by molar-refractivity contribution is 6.33. The number of anilines is 1. The van der Waals surface area contributed by atoms with Gasteiger partial charge in [-0.25, -0.2) is 0 Å². The fraction of sp³-hybridized carbons (Fsp3) is 0.308. The van der Waals surface area contributed by atoms with Gasteiger partial charge in [0.1, 0.15) is 0 Å². The van der Waals surface area contributed by atoms with Gasteiger partial charge in [0.15, 0.2) is 0 Å². The maximum absolute atomic E-state index is 12.0. The molecule has 2 rings (SSSR count). The van der Waals surface area contributed by atoms with Crippen LogP contribution in [0.4, 0.5) is 5.69 Å². The highest BCUT2D eigenvalue weighted by Gasteiger charge is 2.24. The van der Waals surface area contributed by atoms with Crippen molar-refractivity contribution in [2.24, 2.45) is 5.92 Å². The summed E-state index contributed by atoms with van der Waals surface area (Å²) in [5.41, 5.74) is 0.912. The van der Waals surface area contributed by atoms with Crippen LogP contribution in [0.3, 0.4) is 0 Å². The monoisotopic (exact) mass is 277 g/mol. The Morgan fingerprint density at radius 3 is 2.89 bits per heavy atom. The van der Waals surface area contributed by atoms with E-state index in [4.69, 9.17) is 16.9 Å². The number of benzene rings is 1. The first kappa shape index (κ1) is 13.4. The predicted molar refractivity (Wildman–Crippen MR) is 70.5 cm³/mol. The number of piperidine rings is 1. The van der Waals surface area contributed by atoms with Crippen LogP contribution in [0.2, 0.25) is 5.02 Å². The van der Waals surface area contributed by atoms with Crippen LogP contribution in [0, 0.1) is 17.2 Å². The molecule has 1 unspecified atom stereocenters. The van der Waals surface area contributed by atoms with Crippen LogP contribution < -0.4 is 10.6 Å². The lowest BCUT2D eigenvalue weighted by Crippen LogP contribution is -2.40. The molecule has 0 spiro atoms. The minimum Gasteiger partial charge on any atom is -0.355 e. The highest BCUT2D eigenvalue weighted by atomic mass is 35.5. The molecule has 1 heterocycles. The standard InChI is InChI=1S/C13H12ClN3O2/c14-10-5-8(6-15)1-3-11(10)17-13(19)9-2-4-12(18)16-7-9/h1,3,5,9H,2,4,7H2,(H,16,18)(H,17,19). The van der Waals surface area contributed by atoms with Gasteiger partial charge in [0.05, 0.1) is 28.3 Å². The third-order valence-corrected chi connectivity index (χ3v) is 3.31. The van der Waals surface area contributed by atoms with Crippen molar-refractivity contribution in [3.8, 4) is 6.07 Å². The number of nitriles is 1. The highest BCUT2D eigenvalue weighted by Crippen LogP contribution is 2.24. The number of carbonyl (C=O) groups is 2. The summed E-state index contributed by atoms with van der Waals surface area (Å²) in [6.07, 6.45) is 0.894. The number of rotatable bonds is 2. The molecule has 0 aliphatic carbocycles. The Bertz CT molecular complexity index is 555. The summed E-state index contributed by atoms with van der Waals surface area (Å²) < 4.78 is 0. The first-order valence-electron chi connectivity index (χ1n) is 5.87. The third-order valence-electron chi connectivity index (χ3n) is 2.99. The first-order valence-corrected chi connectivity index (χ1v) is 6.25. The van der Waals surface area contributed by atoms with E-state index in [1.165, 1.54) is 6.07 Å². The lowest BCUT2D eigenvalue weighted by molar-refractivity contribution is -0.126. The number of hydrogen-bond donors (Lipinski definition) is 2. The number of nitrogens with one attached hydrogen (secondary N) is 2. The smallest absolute Gasteiger partial charge is 0.229 e. The second-order valence-electron chi connectivity index (χ2n) is 4.34. The van der Waals surface area contributed by atoms with Gasteiger partial charge in [-0.15, -0.1) is 0 Å². The summed E-state index contributed by atoms with van der Waals surface area (Å²) in [5.74, 6) is -0.448. The van der Waals surface area contributed by atoms with E-state index in [0.717, 1.165) is 0 Å².